The number of alkyl halides is 2. The van der Waals surface area contributed by atoms with Gasteiger partial charge in [0.2, 0.25) is 0 Å². The molecule has 1 aliphatic heterocycles. The highest BCUT2D eigenvalue weighted by Crippen LogP contribution is 2.55. The van der Waals surface area contributed by atoms with Gasteiger partial charge in [0, 0.05) is 17.9 Å². The number of fused-ring (bicyclic) bond motifs is 3. The van der Waals surface area contributed by atoms with Crippen LogP contribution in [0.2, 0.25) is 0 Å². The molecular weight excluding hydrogens is 411 g/mol. The van der Waals surface area contributed by atoms with Crippen LogP contribution in [-0.4, -0.2) is 68.5 Å². The zero-order valence-corrected chi connectivity index (χ0v) is 16.9. The number of rotatable bonds is 4. The van der Waals surface area contributed by atoms with Gasteiger partial charge in [0.05, 0.1) is 23.8 Å². The molecule has 3 fully saturated rings. The van der Waals surface area contributed by atoms with Crippen molar-refractivity contribution in [2.75, 3.05) is 11.8 Å². The molecule has 156 valence electrons. The minimum atomic E-state index is -1.90. The van der Waals surface area contributed by atoms with Crippen molar-refractivity contribution < 1.29 is 34.4 Å². The molecule has 8 atom stereocenters. The average molecular weight is 435 g/mol. The fourth-order valence-corrected chi connectivity index (χ4v) is 5.05. The first-order valence-corrected chi connectivity index (χ1v) is 10.1. The van der Waals surface area contributed by atoms with Gasteiger partial charge in [-0.2, -0.15) is 0 Å². The van der Waals surface area contributed by atoms with E-state index in [1.807, 2.05) is 0 Å². The second kappa shape index (κ2) is 7.29. The van der Waals surface area contributed by atoms with Crippen molar-refractivity contribution in [2.24, 2.45) is 17.8 Å². The molecule has 0 spiro atoms. The van der Waals surface area contributed by atoms with Crippen molar-refractivity contribution in [3.8, 4) is 0 Å². The van der Waals surface area contributed by atoms with Gasteiger partial charge in [-0.1, -0.05) is 18.7 Å². The van der Waals surface area contributed by atoms with Crippen molar-refractivity contribution in [1.82, 2.24) is 0 Å². The molecule has 0 aromatic heterocycles. The minimum absolute atomic E-state index is 0.0973. The topological polar surface area (TPSA) is 113 Å². The standard InChI is InChI=1S/C19H24Cl2O7/c1-8-4-11(27-17(24)18(3,25)6-20)13-9(2)16(23)28-15(13)14-10(8)5-12(22)19(14,26)7-21/h10-15,22,25-26H,1-2,4-7H2,3H3/t10?,11-,12+,13?,14?,15-,18+,19+/m0/s1. The summed E-state index contributed by atoms with van der Waals surface area (Å²) in [5, 5.41) is 31.6. The van der Waals surface area contributed by atoms with Gasteiger partial charge in [0.25, 0.3) is 0 Å². The molecule has 1 heterocycles. The predicted molar refractivity (Wildman–Crippen MR) is 101 cm³/mol. The highest BCUT2D eigenvalue weighted by Gasteiger charge is 2.64. The first kappa shape index (κ1) is 21.6. The molecule has 3 unspecified atom stereocenters. The number of carbonyl (C=O) groups excluding carboxylic acids is 2. The molecular formula is C19H24Cl2O7. The van der Waals surface area contributed by atoms with Gasteiger partial charge < -0.3 is 24.8 Å². The van der Waals surface area contributed by atoms with Crippen LogP contribution in [0.15, 0.2) is 24.3 Å². The van der Waals surface area contributed by atoms with Gasteiger partial charge in [0.1, 0.15) is 17.8 Å². The predicted octanol–water partition coefficient (Wildman–Crippen LogP) is 0.913. The molecule has 0 bridgehead atoms. The Morgan fingerprint density at radius 3 is 2.64 bits per heavy atom. The second-order valence-electron chi connectivity index (χ2n) is 8.14. The van der Waals surface area contributed by atoms with Gasteiger partial charge >= 0.3 is 11.9 Å². The number of hydrogen-bond acceptors (Lipinski definition) is 7. The number of aliphatic hydroxyl groups is 3. The lowest BCUT2D eigenvalue weighted by Gasteiger charge is -2.37. The summed E-state index contributed by atoms with van der Waals surface area (Å²) < 4.78 is 11.0. The maximum absolute atomic E-state index is 12.4. The van der Waals surface area contributed by atoms with E-state index in [9.17, 15) is 24.9 Å². The van der Waals surface area contributed by atoms with Crippen molar-refractivity contribution in [3.05, 3.63) is 24.3 Å². The summed E-state index contributed by atoms with van der Waals surface area (Å²) in [5.41, 5.74) is -2.87. The lowest BCUT2D eigenvalue weighted by molar-refractivity contribution is -0.172. The molecule has 9 heteroatoms. The number of carbonyl (C=O) groups is 2. The van der Waals surface area contributed by atoms with E-state index in [2.05, 4.69) is 13.2 Å². The van der Waals surface area contributed by atoms with Crippen LogP contribution in [0, 0.1) is 17.8 Å². The molecule has 0 amide bonds. The third-order valence-corrected chi connectivity index (χ3v) is 7.19. The summed E-state index contributed by atoms with van der Waals surface area (Å²) in [7, 11) is 0. The maximum atomic E-state index is 12.4. The second-order valence-corrected chi connectivity index (χ2v) is 8.68. The molecule has 3 aliphatic rings. The van der Waals surface area contributed by atoms with Crippen LogP contribution in [0.5, 0.6) is 0 Å². The summed E-state index contributed by atoms with van der Waals surface area (Å²) in [5.74, 6) is -4.11. The zero-order valence-electron chi connectivity index (χ0n) is 15.4. The monoisotopic (exact) mass is 434 g/mol. The molecule has 3 N–H and O–H groups in total. The van der Waals surface area contributed by atoms with Crippen LogP contribution in [-0.2, 0) is 19.1 Å². The van der Waals surface area contributed by atoms with E-state index in [-0.39, 0.29) is 36.1 Å². The first-order valence-electron chi connectivity index (χ1n) is 9.01. The van der Waals surface area contributed by atoms with E-state index < -0.39 is 53.3 Å². The molecule has 0 radical (unpaired) electrons. The smallest absolute Gasteiger partial charge is 0.339 e. The van der Waals surface area contributed by atoms with Crippen molar-refractivity contribution in [1.29, 1.82) is 0 Å². The maximum Gasteiger partial charge on any atom is 0.339 e. The highest BCUT2D eigenvalue weighted by molar-refractivity contribution is 6.20. The molecule has 7 nitrogen and oxygen atoms in total. The van der Waals surface area contributed by atoms with Gasteiger partial charge in [-0.05, 0) is 19.3 Å². The third kappa shape index (κ3) is 3.17. The summed E-state index contributed by atoms with van der Waals surface area (Å²) in [6, 6.07) is 0. The van der Waals surface area contributed by atoms with Crippen LogP contribution in [0.1, 0.15) is 19.8 Å². The fraction of sp³-hybridized carbons (Fsp3) is 0.684. The fourth-order valence-electron chi connectivity index (χ4n) is 4.58. The van der Waals surface area contributed by atoms with Crippen molar-refractivity contribution in [3.63, 3.8) is 0 Å². The molecule has 3 rings (SSSR count). The highest BCUT2D eigenvalue weighted by atomic mass is 35.5. The van der Waals surface area contributed by atoms with Crippen molar-refractivity contribution >= 4 is 35.1 Å². The summed E-state index contributed by atoms with van der Waals surface area (Å²) in [4.78, 5) is 24.6. The van der Waals surface area contributed by atoms with Gasteiger partial charge in [-0.3, -0.25) is 0 Å². The number of hydrogen-bond donors (Lipinski definition) is 3. The van der Waals surface area contributed by atoms with Crippen LogP contribution >= 0.6 is 23.2 Å². The summed E-state index contributed by atoms with van der Waals surface area (Å²) in [6.07, 6.45) is -2.54. The van der Waals surface area contributed by atoms with E-state index in [1.54, 1.807) is 0 Å². The molecule has 2 aliphatic carbocycles. The SMILES string of the molecule is C=C1C[C@H](OC(=O)[C@](C)(O)CCl)C2C(=C)C(=O)O[C@@H]2C2C1C[C@@H](O)[C@]2(O)CCl. The number of ether oxygens (including phenoxy) is 2. The van der Waals surface area contributed by atoms with E-state index in [0.29, 0.717) is 5.57 Å². The van der Waals surface area contributed by atoms with Crippen LogP contribution in [0.25, 0.3) is 0 Å². The Morgan fingerprint density at radius 1 is 1.43 bits per heavy atom. The van der Waals surface area contributed by atoms with Gasteiger partial charge in [-0.25, -0.2) is 9.59 Å². The first-order chi connectivity index (χ1) is 13.0. The van der Waals surface area contributed by atoms with Gasteiger partial charge in [-0.15, -0.1) is 23.2 Å². The number of aliphatic hydroxyl groups excluding tert-OH is 1. The van der Waals surface area contributed by atoms with Crippen LogP contribution < -0.4 is 0 Å². The lowest BCUT2D eigenvalue weighted by Crippen LogP contribution is -2.52. The normalized spacial score (nSPS) is 42.3. The third-order valence-electron chi connectivity index (χ3n) is 6.24. The Kier molecular flexibility index (Phi) is 5.62. The number of halogens is 2. The Labute approximate surface area is 172 Å². The molecule has 1 saturated heterocycles. The Bertz CT molecular complexity index is 721. The zero-order chi connectivity index (χ0) is 21.0. The summed E-state index contributed by atoms with van der Waals surface area (Å²) >= 11 is 11.6. The molecule has 2 saturated carbocycles. The minimum Gasteiger partial charge on any atom is -0.459 e. The van der Waals surface area contributed by atoms with E-state index in [0.717, 1.165) is 0 Å². The average Bonchev–Trinajstić information content (AvgIpc) is 3.04. The number of esters is 2. The van der Waals surface area contributed by atoms with Crippen LogP contribution in [0.3, 0.4) is 0 Å². The Morgan fingerprint density at radius 2 is 2.07 bits per heavy atom. The van der Waals surface area contributed by atoms with E-state index >= 15 is 0 Å². The van der Waals surface area contributed by atoms with E-state index in [4.69, 9.17) is 32.7 Å². The van der Waals surface area contributed by atoms with Crippen LogP contribution in [0.4, 0.5) is 0 Å². The van der Waals surface area contributed by atoms with Gasteiger partial charge in [0.15, 0.2) is 5.60 Å². The lowest BCUT2D eigenvalue weighted by atomic mass is 9.76. The molecule has 0 aromatic rings. The Hall–Kier alpha value is -1.12. The summed E-state index contributed by atoms with van der Waals surface area (Å²) in [6.45, 7) is 9.05. The quantitative estimate of drug-likeness (QED) is 0.260. The Balaban J connectivity index is 2.01. The molecule has 28 heavy (non-hydrogen) atoms. The van der Waals surface area contributed by atoms with Crippen molar-refractivity contribution in [2.45, 2.75) is 49.3 Å². The molecule has 0 aromatic carbocycles. The van der Waals surface area contributed by atoms with E-state index in [1.165, 1.54) is 6.92 Å². The largest absolute Gasteiger partial charge is 0.459 e.